The van der Waals surface area contributed by atoms with Crippen LogP contribution in [-0.4, -0.2) is 19.1 Å². The predicted octanol–water partition coefficient (Wildman–Crippen LogP) is 2.81. The molecule has 1 aromatic heterocycles. The number of nitrogens with two attached hydrogens (primary N) is 1. The quantitative estimate of drug-likeness (QED) is 0.823. The van der Waals surface area contributed by atoms with Crippen molar-refractivity contribution in [2.24, 2.45) is 5.73 Å². The van der Waals surface area contributed by atoms with Crippen LogP contribution in [0.2, 0.25) is 0 Å². The van der Waals surface area contributed by atoms with Crippen molar-refractivity contribution >= 4 is 11.3 Å². The first-order valence-electron chi connectivity index (χ1n) is 4.83. The zero-order chi connectivity index (χ0) is 11.3. The molecule has 0 aromatic carbocycles. The van der Waals surface area contributed by atoms with Crippen LogP contribution in [0.5, 0.6) is 0 Å². The molecule has 2 atom stereocenters. The number of halogens is 2. The lowest BCUT2D eigenvalue weighted by Crippen LogP contribution is -2.30. The van der Waals surface area contributed by atoms with E-state index in [4.69, 9.17) is 10.5 Å². The SMILES string of the molecule is CCC(N)C(OCC(F)F)c1cccs1. The molecule has 0 aliphatic heterocycles. The largest absolute Gasteiger partial charge is 0.365 e. The maximum atomic E-state index is 12.0. The van der Waals surface area contributed by atoms with Crippen molar-refractivity contribution in [2.45, 2.75) is 31.9 Å². The van der Waals surface area contributed by atoms with Crippen molar-refractivity contribution in [1.82, 2.24) is 0 Å². The first-order valence-corrected chi connectivity index (χ1v) is 5.71. The van der Waals surface area contributed by atoms with Crippen molar-refractivity contribution in [3.63, 3.8) is 0 Å². The number of hydrogen-bond donors (Lipinski definition) is 1. The summed E-state index contributed by atoms with van der Waals surface area (Å²) in [5, 5.41) is 1.89. The lowest BCUT2D eigenvalue weighted by atomic mass is 10.1. The molecule has 1 heterocycles. The maximum Gasteiger partial charge on any atom is 0.261 e. The van der Waals surface area contributed by atoms with E-state index in [1.807, 2.05) is 24.4 Å². The standard InChI is InChI=1S/C10H15F2NOS/c1-2-7(13)10(14-6-9(11)12)8-4-3-5-15-8/h3-5,7,9-10H,2,6,13H2,1H3. The molecule has 0 fully saturated rings. The van der Waals surface area contributed by atoms with Crippen LogP contribution in [0.3, 0.4) is 0 Å². The Morgan fingerprint density at radius 1 is 1.53 bits per heavy atom. The van der Waals surface area contributed by atoms with Crippen LogP contribution in [0.25, 0.3) is 0 Å². The van der Waals surface area contributed by atoms with E-state index in [9.17, 15) is 8.78 Å². The lowest BCUT2D eigenvalue weighted by Gasteiger charge is -2.22. The second-order valence-electron chi connectivity index (χ2n) is 3.23. The summed E-state index contributed by atoms with van der Waals surface area (Å²) >= 11 is 1.48. The predicted molar refractivity (Wildman–Crippen MR) is 57.3 cm³/mol. The van der Waals surface area contributed by atoms with Gasteiger partial charge < -0.3 is 10.5 Å². The highest BCUT2D eigenvalue weighted by Gasteiger charge is 2.21. The topological polar surface area (TPSA) is 35.2 Å². The van der Waals surface area contributed by atoms with Crippen molar-refractivity contribution in [3.05, 3.63) is 22.4 Å². The second kappa shape index (κ2) is 6.15. The summed E-state index contributed by atoms with van der Waals surface area (Å²) in [6.07, 6.45) is -2.16. The Morgan fingerprint density at radius 3 is 2.73 bits per heavy atom. The molecule has 0 radical (unpaired) electrons. The van der Waals surface area contributed by atoms with Gasteiger partial charge in [-0.2, -0.15) is 0 Å². The molecule has 0 saturated heterocycles. The zero-order valence-electron chi connectivity index (χ0n) is 8.53. The molecule has 0 saturated carbocycles. The molecule has 15 heavy (non-hydrogen) atoms. The average Bonchev–Trinajstić information content (AvgIpc) is 2.70. The highest BCUT2D eigenvalue weighted by atomic mass is 32.1. The molecule has 1 rings (SSSR count). The number of thiophene rings is 1. The van der Waals surface area contributed by atoms with Crippen molar-refractivity contribution in [2.75, 3.05) is 6.61 Å². The Kier molecular flexibility index (Phi) is 5.14. The molecular formula is C10H15F2NOS. The monoisotopic (exact) mass is 235 g/mol. The van der Waals surface area contributed by atoms with E-state index in [1.54, 1.807) is 0 Å². The smallest absolute Gasteiger partial charge is 0.261 e. The molecule has 0 bridgehead atoms. The fourth-order valence-corrected chi connectivity index (χ4v) is 2.11. The van der Waals surface area contributed by atoms with Crippen molar-refractivity contribution < 1.29 is 13.5 Å². The van der Waals surface area contributed by atoms with Gasteiger partial charge in [-0.25, -0.2) is 8.78 Å². The number of rotatable bonds is 6. The van der Waals surface area contributed by atoms with E-state index < -0.39 is 19.1 Å². The Bertz CT molecular complexity index is 266. The minimum absolute atomic E-state index is 0.234. The van der Waals surface area contributed by atoms with Crippen molar-refractivity contribution in [3.8, 4) is 0 Å². The van der Waals surface area contributed by atoms with E-state index in [-0.39, 0.29) is 6.04 Å². The Hall–Kier alpha value is -0.520. The summed E-state index contributed by atoms with van der Waals surface area (Å²) < 4.78 is 29.2. The summed E-state index contributed by atoms with van der Waals surface area (Å²) in [5.41, 5.74) is 5.83. The minimum Gasteiger partial charge on any atom is -0.365 e. The molecule has 0 aliphatic rings. The molecular weight excluding hydrogens is 220 g/mol. The molecule has 2 unspecified atom stereocenters. The summed E-state index contributed by atoms with van der Waals surface area (Å²) in [5.74, 6) is 0. The third-order valence-corrected chi connectivity index (χ3v) is 3.02. The van der Waals surface area contributed by atoms with Crippen LogP contribution in [-0.2, 0) is 4.74 Å². The second-order valence-corrected chi connectivity index (χ2v) is 4.21. The van der Waals surface area contributed by atoms with Gasteiger partial charge in [-0.1, -0.05) is 13.0 Å². The minimum atomic E-state index is -2.45. The number of alkyl halides is 2. The lowest BCUT2D eigenvalue weighted by molar-refractivity contribution is -0.0337. The summed E-state index contributed by atoms with van der Waals surface area (Å²) in [7, 11) is 0. The van der Waals surface area contributed by atoms with Crippen molar-refractivity contribution in [1.29, 1.82) is 0 Å². The van der Waals surface area contributed by atoms with Crippen LogP contribution in [0.4, 0.5) is 8.78 Å². The van der Waals surface area contributed by atoms with Gasteiger partial charge in [-0.05, 0) is 17.9 Å². The van der Waals surface area contributed by atoms with Gasteiger partial charge in [-0.3, -0.25) is 0 Å². The molecule has 5 heteroatoms. The van der Waals surface area contributed by atoms with Crippen LogP contribution in [0.15, 0.2) is 17.5 Å². The Balaban J connectivity index is 2.62. The average molecular weight is 235 g/mol. The molecule has 1 aromatic rings. The maximum absolute atomic E-state index is 12.0. The van der Waals surface area contributed by atoms with Gasteiger partial charge >= 0.3 is 0 Å². The van der Waals surface area contributed by atoms with Gasteiger partial charge in [0.25, 0.3) is 6.43 Å². The zero-order valence-corrected chi connectivity index (χ0v) is 9.34. The first-order chi connectivity index (χ1) is 7.15. The fraction of sp³-hybridized carbons (Fsp3) is 0.600. The van der Waals surface area contributed by atoms with Crippen LogP contribution < -0.4 is 5.73 Å². The van der Waals surface area contributed by atoms with Crippen LogP contribution >= 0.6 is 11.3 Å². The molecule has 2 nitrogen and oxygen atoms in total. The van der Waals surface area contributed by atoms with Gasteiger partial charge in [0.1, 0.15) is 12.7 Å². The van der Waals surface area contributed by atoms with Gasteiger partial charge in [0.15, 0.2) is 0 Å². The summed E-state index contributed by atoms with van der Waals surface area (Å²) in [6, 6.07) is 3.49. The molecule has 0 amide bonds. The normalized spacial score (nSPS) is 15.5. The van der Waals surface area contributed by atoms with E-state index in [2.05, 4.69) is 0 Å². The van der Waals surface area contributed by atoms with Gasteiger partial charge in [0, 0.05) is 10.9 Å². The van der Waals surface area contributed by atoms with Gasteiger partial charge in [0.05, 0.1) is 0 Å². The molecule has 2 N–H and O–H groups in total. The summed E-state index contributed by atoms with van der Waals surface area (Å²) in [6.45, 7) is 1.35. The van der Waals surface area contributed by atoms with E-state index in [0.717, 1.165) is 4.88 Å². The molecule has 86 valence electrons. The number of ether oxygens (including phenoxy) is 1. The van der Waals surface area contributed by atoms with Crippen LogP contribution in [0.1, 0.15) is 24.3 Å². The van der Waals surface area contributed by atoms with E-state index in [1.165, 1.54) is 11.3 Å². The van der Waals surface area contributed by atoms with Gasteiger partial charge in [0.2, 0.25) is 0 Å². The van der Waals surface area contributed by atoms with E-state index in [0.29, 0.717) is 6.42 Å². The van der Waals surface area contributed by atoms with E-state index >= 15 is 0 Å². The third-order valence-electron chi connectivity index (χ3n) is 2.09. The third kappa shape index (κ3) is 3.85. The van der Waals surface area contributed by atoms with Crippen LogP contribution in [0, 0.1) is 0 Å². The Labute approximate surface area is 92.0 Å². The highest BCUT2D eigenvalue weighted by Crippen LogP contribution is 2.26. The number of hydrogen-bond acceptors (Lipinski definition) is 3. The molecule has 0 aliphatic carbocycles. The molecule has 0 spiro atoms. The summed E-state index contributed by atoms with van der Waals surface area (Å²) in [4.78, 5) is 0.907. The first kappa shape index (κ1) is 12.5. The highest BCUT2D eigenvalue weighted by molar-refractivity contribution is 7.10. The Morgan fingerprint density at radius 2 is 2.27 bits per heavy atom. The fourth-order valence-electron chi connectivity index (χ4n) is 1.26. The van der Waals surface area contributed by atoms with Gasteiger partial charge in [-0.15, -0.1) is 11.3 Å².